The lowest BCUT2D eigenvalue weighted by Gasteiger charge is -2.21. The molecule has 0 spiro atoms. The van der Waals surface area contributed by atoms with E-state index in [0.29, 0.717) is 23.5 Å². The number of hydrogen-bond acceptors (Lipinski definition) is 3. The number of ether oxygens (including phenoxy) is 1. The van der Waals surface area contributed by atoms with E-state index in [9.17, 15) is 9.59 Å². The van der Waals surface area contributed by atoms with Crippen LogP contribution in [-0.2, 0) is 14.3 Å². The number of allylic oxidation sites excluding steroid dienone is 1. The van der Waals surface area contributed by atoms with E-state index in [1.54, 1.807) is 6.92 Å². The van der Waals surface area contributed by atoms with Crippen molar-refractivity contribution in [1.82, 2.24) is 0 Å². The lowest BCUT2D eigenvalue weighted by molar-refractivity contribution is -0.154. The van der Waals surface area contributed by atoms with Gasteiger partial charge in [0.05, 0.1) is 0 Å². The summed E-state index contributed by atoms with van der Waals surface area (Å²) < 4.78 is 4.95. The summed E-state index contributed by atoms with van der Waals surface area (Å²) in [6.07, 6.45) is 14.1. The average Bonchev–Trinajstić information content (AvgIpc) is 2.55. The van der Waals surface area contributed by atoms with Crippen molar-refractivity contribution in [3.8, 4) is 0 Å². The van der Waals surface area contributed by atoms with Gasteiger partial charge in [-0.05, 0) is 32.1 Å². The monoisotopic (exact) mass is 320 g/mol. The summed E-state index contributed by atoms with van der Waals surface area (Å²) in [6.45, 7) is 7.69. The number of unbranched alkanes of at least 4 members (excludes halogenated alkanes) is 4. The van der Waals surface area contributed by atoms with E-state index in [2.05, 4.69) is 13.5 Å². The Morgan fingerprint density at radius 2 is 1.78 bits per heavy atom. The Balaban J connectivity index is 2.31. The van der Waals surface area contributed by atoms with Crippen molar-refractivity contribution in [3.63, 3.8) is 0 Å². The summed E-state index contributed by atoms with van der Waals surface area (Å²) in [4.78, 5) is 23.9. The maximum atomic E-state index is 12.0. The van der Waals surface area contributed by atoms with Crippen molar-refractivity contribution in [3.05, 3.63) is 23.8 Å². The second-order valence-corrected chi connectivity index (χ2v) is 6.73. The van der Waals surface area contributed by atoms with Gasteiger partial charge in [0.2, 0.25) is 0 Å². The maximum absolute atomic E-state index is 12.0. The van der Waals surface area contributed by atoms with Crippen LogP contribution in [0.3, 0.4) is 0 Å². The van der Waals surface area contributed by atoms with Gasteiger partial charge in [-0.3, -0.25) is 0 Å². The van der Waals surface area contributed by atoms with E-state index in [4.69, 9.17) is 4.74 Å². The molecule has 0 amide bonds. The molecule has 0 heterocycles. The van der Waals surface area contributed by atoms with Gasteiger partial charge < -0.3 is 4.74 Å². The highest BCUT2D eigenvalue weighted by Gasteiger charge is 2.20. The second kappa shape index (κ2) is 11.2. The van der Waals surface area contributed by atoms with Crippen LogP contribution in [0.1, 0.15) is 84.5 Å². The van der Waals surface area contributed by atoms with Gasteiger partial charge in [-0.2, -0.15) is 0 Å². The van der Waals surface area contributed by atoms with Gasteiger partial charge in [0.15, 0.2) is 0 Å². The van der Waals surface area contributed by atoms with Gasteiger partial charge in [-0.15, -0.1) is 0 Å². The van der Waals surface area contributed by atoms with Gasteiger partial charge in [0.25, 0.3) is 0 Å². The van der Waals surface area contributed by atoms with Gasteiger partial charge in [-0.25, -0.2) is 9.59 Å². The van der Waals surface area contributed by atoms with Crippen LogP contribution in [0.15, 0.2) is 23.8 Å². The van der Waals surface area contributed by atoms with E-state index >= 15 is 0 Å². The SMILES string of the molecule is C=C(CC1CCCCC1)C(=O)OC(=O)C(C)=CCCCCCC. The van der Waals surface area contributed by atoms with E-state index < -0.39 is 11.9 Å². The van der Waals surface area contributed by atoms with Crippen molar-refractivity contribution in [1.29, 1.82) is 0 Å². The molecule has 0 aromatic carbocycles. The Kier molecular flexibility index (Phi) is 9.58. The number of carbonyl (C=O) groups excluding carboxylic acids is 2. The fourth-order valence-corrected chi connectivity index (χ4v) is 3.03. The number of carbonyl (C=O) groups is 2. The minimum atomic E-state index is -0.556. The quantitative estimate of drug-likeness (QED) is 0.244. The smallest absolute Gasteiger partial charge is 0.341 e. The molecule has 0 aromatic rings. The van der Waals surface area contributed by atoms with Crippen LogP contribution < -0.4 is 0 Å². The average molecular weight is 320 g/mol. The Labute approximate surface area is 141 Å². The lowest BCUT2D eigenvalue weighted by atomic mass is 9.85. The normalized spacial score (nSPS) is 16.2. The van der Waals surface area contributed by atoms with E-state index in [1.807, 2.05) is 6.08 Å². The molecule has 1 saturated carbocycles. The lowest BCUT2D eigenvalue weighted by Crippen LogP contribution is -2.17. The molecular weight excluding hydrogens is 288 g/mol. The highest BCUT2D eigenvalue weighted by molar-refractivity contribution is 6.01. The van der Waals surface area contributed by atoms with Crippen molar-refractivity contribution in [2.75, 3.05) is 0 Å². The first-order chi connectivity index (χ1) is 11.0. The molecule has 0 radical (unpaired) electrons. The Morgan fingerprint density at radius 3 is 2.43 bits per heavy atom. The Morgan fingerprint density at radius 1 is 1.09 bits per heavy atom. The summed E-state index contributed by atoms with van der Waals surface area (Å²) >= 11 is 0. The molecule has 23 heavy (non-hydrogen) atoms. The van der Waals surface area contributed by atoms with Crippen LogP contribution in [0.2, 0.25) is 0 Å². The molecule has 0 saturated heterocycles. The standard InChI is InChI=1S/C20H32O3/c1-4-5-6-7-9-12-16(2)19(21)23-20(22)17(3)15-18-13-10-8-11-14-18/h12,18H,3-11,13-15H2,1-2H3. The number of esters is 2. The first-order valence-electron chi connectivity index (χ1n) is 9.15. The number of hydrogen-bond donors (Lipinski definition) is 0. The van der Waals surface area contributed by atoms with Crippen LogP contribution in [-0.4, -0.2) is 11.9 Å². The molecule has 3 heteroatoms. The molecule has 130 valence electrons. The Hall–Kier alpha value is -1.38. The molecule has 3 nitrogen and oxygen atoms in total. The van der Waals surface area contributed by atoms with Crippen LogP contribution in [0.5, 0.6) is 0 Å². The van der Waals surface area contributed by atoms with Crippen LogP contribution in [0.25, 0.3) is 0 Å². The molecule has 0 N–H and O–H groups in total. The molecule has 1 aliphatic rings. The van der Waals surface area contributed by atoms with Crippen molar-refractivity contribution >= 4 is 11.9 Å². The van der Waals surface area contributed by atoms with Crippen LogP contribution >= 0.6 is 0 Å². The van der Waals surface area contributed by atoms with Gasteiger partial charge in [-0.1, -0.05) is 70.9 Å². The fraction of sp³-hybridized carbons (Fsp3) is 0.700. The highest BCUT2D eigenvalue weighted by atomic mass is 16.6. The van der Waals surface area contributed by atoms with Gasteiger partial charge in [0, 0.05) is 11.1 Å². The van der Waals surface area contributed by atoms with Crippen molar-refractivity contribution in [2.45, 2.75) is 84.5 Å². The molecular formula is C20H32O3. The second-order valence-electron chi connectivity index (χ2n) is 6.73. The molecule has 0 atom stereocenters. The predicted molar refractivity (Wildman–Crippen MR) is 93.9 cm³/mol. The zero-order valence-corrected chi connectivity index (χ0v) is 14.9. The summed E-state index contributed by atoms with van der Waals surface area (Å²) in [5, 5.41) is 0. The largest absolute Gasteiger partial charge is 0.386 e. The zero-order chi connectivity index (χ0) is 17.1. The van der Waals surface area contributed by atoms with Crippen molar-refractivity contribution < 1.29 is 14.3 Å². The minimum absolute atomic E-state index is 0.431. The van der Waals surface area contributed by atoms with E-state index in [-0.39, 0.29) is 0 Å². The zero-order valence-electron chi connectivity index (χ0n) is 14.9. The molecule has 0 aliphatic heterocycles. The van der Waals surface area contributed by atoms with Crippen LogP contribution in [0, 0.1) is 5.92 Å². The summed E-state index contributed by atoms with van der Waals surface area (Å²) in [7, 11) is 0. The highest BCUT2D eigenvalue weighted by Crippen LogP contribution is 2.28. The molecule has 1 aliphatic carbocycles. The van der Waals surface area contributed by atoms with E-state index in [1.165, 1.54) is 38.5 Å². The number of rotatable bonds is 9. The Bertz CT molecular complexity index is 428. The molecule has 0 bridgehead atoms. The molecule has 1 rings (SSSR count). The summed E-state index contributed by atoms with van der Waals surface area (Å²) in [5.41, 5.74) is 0.946. The van der Waals surface area contributed by atoms with Crippen molar-refractivity contribution in [2.24, 2.45) is 5.92 Å². The topological polar surface area (TPSA) is 43.4 Å². The summed E-state index contributed by atoms with van der Waals surface area (Å²) in [6, 6.07) is 0. The first-order valence-corrected chi connectivity index (χ1v) is 9.15. The van der Waals surface area contributed by atoms with Gasteiger partial charge in [0.1, 0.15) is 0 Å². The minimum Gasteiger partial charge on any atom is -0.386 e. The third-order valence-electron chi connectivity index (χ3n) is 4.56. The predicted octanol–water partition coefficient (Wildman–Crippen LogP) is 5.50. The third-order valence-corrected chi connectivity index (χ3v) is 4.56. The van der Waals surface area contributed by atoms with Gasteiger partial charge >= 0.3 is 11.9 Å². The third kappa shape index (κ3) is 8.15. The molecule has 0 aromatic heterocycles. The first kappa shape index (κ1) is 19.7. The molecule has 0 unspecified atom stereocenters. The van der Waals surface area contributed by atoms with E-state index in [0.717, 1.165) is 25.7 Å². The summed E-state index contributed by atoms with van der Waals surface area (Å²) in [5.74, 6) is -0.566. The maximum Gasteiger partial charge on any atom is 0.341 e. The molecule has 1 fully saturated rings. The van der Waals surface area contributed by atoms with Crippen LogP contribution in [0.4, 0.5) is 0 Å². The fourth-order valence-electron chi connectivity index (χ4n) is 3.03.